The van der Waals surface area contributed by atoms with Gasteiger partial charge in [-0.2, -0.15) is 0 Å². The summed E-state index contributed by atoms with van der Waals surface area (Å²) in [5, 5.41) is 42.1. The second kappa shape index (κ2) is 8.64. The van der Waals surface area contributed by atoms with E-state index < -0.39 is 30.7 Å². The van der Waals surface area contributed by atoms with Crippen molar-refractivity contribution in [2.45, 2.75) is 109 Å². The predicted molar refractivity (Wildman–Crippen MR) is 122 cm³/mol. The van der Waals surface area contributed by atoms with E-state index in [4.69, 9.17) is 9.47 Å². The summed E-state index contributed by atoms with van der Waals surface area (Å²) >= 11 is 0. The molecule has 1 aromatic carbocycles. The van der Waals surface area contributed by atoms with Crippen molar-refractivity contribution in [3.8, 4) is 11.5 Å². The van der Waals surface area contributed by atoms with Gasteiger partial charge in [-0.15, -0.1) is 0 Å². The Morgan fingerprint density at radius 1 is 0.969 bits per heavy atom. The van der Waals surface area contributed by atoms with Crippen LogP contribution in [0.1, 0.15) is 93.9 Å². The molecule has 4 rings (SSSR count). The molecule has 2 aliphatic carbocycles. The summed E-state index contributed by atoms with van der Waals surface area (Å²) in [7, 11) is 0. The van der Waals surface area contributed by atoms with Crippen molar-refractivity contribution in [2.24, 2.45) is 5.92 Å². The van der Waals surface area contributed by atoms with Gasteiger partial charge in [0.05, 0.1) is 6.10 Å². The smallest absolute Gasteiger partial charge is 0.229 e. The van der Waals surface area contributed by atoms with Crippen LogP contribution in [0.2, 0.25) is 0 Å². The van der Waals surface area contributed by atoms with Gasteiger partial charge in [-0.3, -0.25) is 0 Å². The molecule has 1 aromatic rings. The lowest BCUT2D eigenvalue weighted by Gasteiger charge is -2.44. The number of aromatic hydroxyl groups is 1. The number of hydrogen-bond acceptors (Lipinski definition) is 6. The van der Waals surface area contributed by atoms with Crippen molar-refractivity contribution >= 4 is 0 Å². The molecule has 0 aromatic heterocycles. The molecule has 6 heteroatoms. The van der Waals surface area contributed by atoms with Gasteiger partial charge in [0.25, 0.3) is 0 Å². The molecular weight excluding hydrogens is 408 g/mol. The highest BCUT2D eigenvalue weighted by Gasteiger charge is 2.46. The summed E-state index contributed by atoms with van der Waals surface area (Å²) in [6.45, 7) is 12.3. The fourth-order valence-corrected chi connectivity index (χ4v) is 6.13. The molecule has 0 radical (unpaired) electrons. The molecule has 4 N–H and O–H groups in total. The van der Waals surface area contributed by atoms with Crippen LogP contribution in [0.15, 0.2) is 11.6 Å². The average molecular weight is 447 g/mol. The largest absolute Gasteiger partial charge is 0.504 e. The third kappa shape index (κ3) is 3.75. The van der Waals surface area contributed by atoms with Crippen LogP contribution < -0.4 is 4.74 Å². The lowest BCUT2D eigenvalue weighted by Crippen LogP contribution is -2.58. The molecule has 1 heterocycles. The number of benzene rings is 1. The number of rotatable bonds is 3. The Kier molecular flexibility index (Phi) is 6.36. The second-order valence-electron chi connectivity index (χ2n) is 10.5. The maximum absolute atomic E-state index is 11.3. The van der Waals surface area contributed by atoms with Gasteiger partial charge in [0, 0.05) is 11.5 Å². The third-order valence-electron chi connectivity index (χ3n) is 7.83. The van der Waals surface area contributed by atoms with E-state index in [0.29, 0.717) is 17.6 Å². The normalized spacial score (nSPS) is 38.7. The highest BCUT2D eigenvalue weighted by atomic mass is 16.7. The minimum Gasteiger partial charge on any atom is -0.504 e. The molecule has 1 fully saturated rings. The van der Waals surface area contributed by atoms with Crippen molar-refractivity contribution in [3.63, 3.8) is 0 Å². The van der Waals surface area contributed by atoms with Gasteiger partial charge in [-0.05, 0) is 81.4 Å². The monoisotopic (exact) mass is 446 g/mol. The van der Waals surface area contributed by atoms with Crippen LogP contribution in [0.4, 0.5) is 0 Å². The Balaban J connectivity index is 1.86. The number of phenolic OH excluding ortho intramolecular Hbond substituents is 1. The molecule has 0 bridgehead atoms. The van der Waals surface area contributed by atoms with Crippen LogP contribution in [0.3, 0.4) is 0 Å². The Hall–Kier alpha value is -1.60. The quantitative estimate of drug-likeness (QED) is 0.524. The van der Waals surface area contributed by atoms with Crippen molar-refractivity contribution in [3.05, 3.63) is 33.9 Å². The molecule has 5 unspecified atom stereocenters. The molecule has 178 valence electrons. The molecule has 0 amide bonds. The molecule has 3 aliphatic rings. The molecule has 32 heavy (non-hydrogen) atoms. The van der Waals surface area contributed by atoms with E-state index in [1.165, 1.54) is 16.7 Å². The molecular formula is C26H38O6. The van der Waals surface area contributed by atoms with E-state index in [9.17, 15) is 20.4 Å². The predicted octanol–water partition coefficient (Wildman–Crippen LogP) is 3.98. The van der Waals surface area contributed by atoms with Gasteiger partial charge in [-0.25, -0.2) is 0 Å². The fraction of sp³-hybridized carbons (Fsp3) is 0.692. The topological polar surface area (TPSA) is 99.4 Å². The maximum Gasteiger partial charge on any atom is 0.229 e. The van der Waals surface area contributed by atoms with Gasteiger partial charge >= 0.3 is 0 Å². The van der Waals surface area contributed by atoms with Crippen LogP contribution in [0.25, 0.3) is 0 Å². The summed E-state index contributed by atoms with van der Waals surface area (Å²) in [5.41, 5.74) is 5.58. The highest BCUT2D eigenvalue weighted by molar-refractivity contribution is 5.64. The number of hydrogen-bond donors (Lipinski definition) is 4. The van der Waals surface area contributed by atoms with Crippen molar-refractivity contribution in [1.29, 1.82) is 0 Å². The minimum atomic E-state index is -1.42. The van der Waals surface area contributed by atoms with Gasteiger partial charge in [0.2, 0.25) is 6.29 Å². The van der Waals surface area contributed by atoms with Gasteiger partial charge in [-0.1, -0.05) is 25.5 Å². The minimum absolute atomic E-state index is 0.0806. The van der Waals surface area contributed by atoms with E-state index in [-0.39, 0.29) is 17.6 Å². The summed E-state index contributed by atoms with van der Waals surface area (Å²) < 4.78 is 11.8. The fourth-order valence-electron chi connectivity index (χ4n) is 6.13. The lowest BCUT2D eigenvalue weighted by atomic mass is 9.62. The van der Waals surface area contributed by atoms with Crippen molar-refractivity contribution in [2.75, 3.05) is 0 Å². The van der Waals surface area contributed by atoms with Crippen LogP contribution >= 0.6 is 0 Å². The Labute approximate surface area is 190 Å². The summed E-state index contributed by atoms with van der Waals surface area (Å²) in [4.78, 5) is 0. The standard InChI is InChI=1S/C26H38O6/c1-11(2)9-16-10-13(4)17-8-7-12(3)18-20(17)19(16)14(5)21(27)25(18)32-26-24(30)23(29)22(28)15(6)31-26/h9,12-13,15-17,22-24,26-30H,7-8,10H2,1-6H3/t12-,13+,15?,16+,17-,22?,23?,24?,26?/m1/s1. The number of phenols is 1. The first kappa shape index (κ1) is 23.6. The van der Waals surface area contributed by atoms with Crippen LogP contribution in [0, 0.1) is 12.8 Å². The zero-order chi connectivity index (χ0) is 23.5. The number of aliphatic hydroxyl groups is 3. The molecule has 1 aliphatic heterocycles. The summed E-state index contributed by atoms with van der Waals surface area (Å²) in [6, 6.07) is 0. The van der Waals surface area contributed by atoms with E-state index in [1.54, 1.807) is 6.92 Å². The number of allylic oxidation sites excluding steroid dienone is 2. The van der Waals surface area contributed by atoms with Crippen molar-refractivity contribution in [1.82, 2.24) is 0 Å². The zero-order valence-electron chi connectivity index (χ0n) is 20.0. The first-order chi connectivity index (χ1) is 15.0. The van der Waals surface area contributed by atoms with E-state index in [2.05, 4.69) is 33.8 Å². The van der Waals surface area contributed by atoms with E-state index >= 15 is 0 Å². The highest BCUT2D eigenvalue weighted by Crippen LogP contribution is 2.58. The van der Waals surface area contributed by atoms with E-state index in [0.717, 1.165) is 30.4 Å². The average Bonchev–Trinajstić information content (AvgIpc) is 2.72. The first-order valence-electron chi connectivity index (χ1n) is 11.9. The lowest BCUT2D eigenvalue weighted by molar-refractivity contribution is -0.268. The number of aliphatic hydroxyl groups excluding tert-OH is 3. The van der Waals surface area contributed by atoms with Gasteiger partial charge < -0.3 is 29.9 Å². The van der Waals surface area contributed by atoms with Crippen LogP contribution in [-0.2, 0) is 4.74 Å². The number of ether oxygens (including phenoxy) is 2. The maximum atomic E-state index is 11.3. The molecule has 0 spiro atoms. The molecule has 6 nitrogen and oxygen atoms in total. The zero-order valence-corrected chi connectivity index (χ0v) is 20.0. The SMILES string of the molecule is CC(C)=C[C@H]1C[C@H](C)[C@H]2CC[C@@H](C)c3c(OC4OC(C)C(O)C(O)C4O)c(O)c(C)c1c32. The van der Waals surface area contributed by atoms with Crippen molar-refractivity contribution < 1.29 is 29.9 Å². The molecule has 1 saturated heterocycles. The Morgan fingerprint density at radius 2 is 1.66 bits per heavy atom. The van der Waals surface area contributed by atoms with Gasteiger partial charge in [0.15, 0.2) is 11.5 Å². The van der Waals surface area contributed by atoms with Crippen LogP contribution in [-0.4, -0.2) is 51.1 Å². The summed E-state index contributed by atoms with van der Waals surface area (Å²) in [5.74, 6) is 1.79. The third-order valence-corrected chi connectivity index (χ3v) is 7.83. The van der Waals surface area contributed by atoms with Crippen LogP contribution in [0.5, 0.6) is 11.5 Å². The Bertz CT molecular complexity index is 904. The Morgan fingerprint density at radius 3 is 2.31 bits per heavy atom. The molecule has 0 saturated carbocycles. The van der Waals surface area contributed by atoms with E-state index in [1.807, 2.05) is 6.92 Å². The van der Waals surface area contributed by atoms with Gasteiger partial charge in [0.1, 0.15) is 18.3 Å². The summed E-state index contributed by atoms with van der Waals surface area (Å²) in [6.07, 6.45) is -0.406. The first-order valence-corrected chi connectivity index (χ1v) is 11.9. The molecule has 9 atom stereocenters. The second-order valence-corrected chi connectivity index (χ2v) is 10.5.